The first-order valence-corrected chi connectivity index (χ1v) is 7.25. The summed E-state index contributed by atoms with van der Waals surface area (Å²) in [6.07, 6.45) is 0.774. The van der Waals surface area contributed by atoms with E-state index < -0.39 is 10.8 Å². The minimum Gasteiger partial charge on any atom is -0.493 e. The highest BCUT2D eigenvalue weighted by Crippen LogP contribution is 2.36. The Kier molecular flexibility index (Phi) is 6.39. The number of nitro groups is 1. The Balaban J connectivity index is 0.00000288. The Morgan fingerprint density at radius 3 is 2.42 bits per heavy atom. The van der Waals surface area contributed by atoms with Crippen LogP contribution in [0.3, 0.4) is 0 Å². The van der Waals surface area contributed by atoms with Crippen LogP contribution in [0.2, 0.25) is 0 Å². The molecule has 8 nitrogen and oxygen atoms in total. The average molecular weight is 360 g/mol. The molecule has 1 aliphatic heterocycles. The van der Waals surface area contributed by atoms with E-state index in [1.165, 1.54) is 26.4 Å². The summed E-state index contributed by atoms with van der Waals surface area (Å²) in [5.74, 6) is 0.0982. The third kappa shape index (κ3) is 3.70. The largest absolute Gasteiger partial charge is 0.493 e. The van der Waals surface area contributed by atoms with Crippen LogP contribution in [0.5, 0.6) is 11.5 Å². The molecule has 2 rings (SSSR count). The second-order valence-corrected chi connectivity index (χ2v) is 5.97. The molecule has 134 valence electrons. The molecule has 1 heterocycles. The molecule has 24 heavy (non-hydrogen) atoms. The van der Waals surface area contributed by atoms with Crippen LogP contribution in [0.1, 0.15) is 23.7 Å². The molecule has 1 saturated heterocycles. The molecule has 1 aliphatic rings. The number of nitrogens with zero attached hydrogens (tertiary/aromatic N) is 2. The van der Waals surface area contributed by atoms with Gasteiger partial charge in [0.1, 0.15) is 5.56 Å². The topological polar surface area (TPSA) is 108 Å². The maximum absolute atomic E-state index is 12.7. The van der Waals surface area contributed by atoms with Gasteiger partial charge in [-0.05, 0) is 18.4 Å². The maximum Gasteiger partial charge on any atom is 0.286 e. The van der Waals surface area contributed by atoms with Crippen molar-refractivity contribution in [3.63, 3.8) is 0 Å². The molecule has 1 aromatic rings. The van der Waals surface area contributed by atoms with E-state index in [1.54, 1.807) is 4.90 Å². The molecule has 1 unspecified atom stereocenters. The first-order valence-electron chi connectivity index (χ1n) is 7.25. The SMILES string of the molecule is COc1cc(C(=O)N2CCC(C)(CN)C2)c([N+](=O)[O-])cc1OC.Cl. The van der Waals surface area contributed by atoms with Crippen molar-refractivity contribution in [3.8, 4) is 11.5 Å². The van der Waals surface area contributed by atoms with Gasteiger partial charge in [-0.2, -0.15) is 0 Å². The molecule has 1 aromatic carbocycles. The standard InChI is InChI=1S/C15H21N3O5.ClH/c1-15(8-16)4-5-17(9-15)14(19)10-6-12(22-2)13(23-3)7-11(10)18(20)21;/h6-7H,4-5,8-9,16H2,1-3H3;1H. The number of nitro benzene ring substituents is 1. The minimum absolute atomic E-state index is 0. The van der Waals surface area contributed by atoms with Crippen molar-refractivity contribution in [2.24, 2.45) is 11.1 Å². The molecule has 1 fully saturated rings. The number of ether oxygens (including phenoxy) is 2. The molecule has 0 aromatic heterocycles. The van der Waals surface area contributed by atoms with Gasteiger partial charge in [0.2, 0.25) is 0 Å². The zero-order valence-electron chi connectivity index (χ0n) is 13.9. The van der Waals surface area contributed by atoms with Crippen molar-refractivity contribution >= 4 is 24.0 Å². The fourth-order valence-corrected chi connectivity index (χ4v) is 2.72. The molecule has 1 atom stereocenters. The minimum atomic E-state index is -0.590. The fourth-order valence-electron chi connectivity index (χ4n) is 2.72. The van der Waals surface area contributed by atoms with Gasteiger partial charge in [0.05, 0.1) is 25.2 Å². The number of rotatable bonds is 5. The number of likely N-dealkylation sites (tertiary alicyclic amines) is 1. The molecule has 0 bridgehead atoms. The van der Waals surface area contributed by atoms with Crippen LogP contribution in [-0.2, 0) is 0 Å². The van der Waals surface area contributed by atoms with Gasteiger partial charge in [-0.3, -0.25) is 14.9 Å². The molecule has 1 amide bonds. The summed E-state index contributed by atoms with van der Waals surface area (Å²) in [7, 11) is 2.80. The molecular formula is C15H22ClN3O5. The van der Waals surface area contributed by atoms with Crippen molar-refractivity contribution in [2.75, 3.05) is 33.9 Å². The zero-order chi connectivity index (χ0) is 17.2. The van der Waals surface area contributed by atoms with E-state index in [0.29, 0.717) is 19.6 Å². The molecular weight excluding hydrogens is 338 g/mol. The number of methoxy groups -OCH3 is 2. The number of hydrogen-bond acceptors (Lipinski definition) is 6. The second kappa shape index (κ2) is 7.67. The van der Waals surface area contributed by atoms with Crippen LogP contribution in [0, 0.1) is 15.5 Å². The van der Waals surface area contributed by atoms with E-state index in [2.05, 4.69) is 0 Å². The normalized spacial score (nSPS) is 19.6. The lowest BCUT2D eigenvalue weighted by Gasteiger charge is -2.22. The van der Waals surface area contributed by atoms with Crippen LogP contribution >= 0.6 is 12.4 Å². The Hall–Kier alpha value is -2.06. The lowest BCUT2D eigenvalue weighted by Crippen LogP contribution is -2.34. The van der Waals surface area contributed by atoms with Crippen molar-refractivity contribution in [2.45, 2.75) is 13.3 Å². The Bertz CT molecular complexity index is 640. The molecule has 2 N–H and O–H groups in total. The molecule has 0 spiro atoms. The lowest BCUT2D eigenvalue weighted by molar-refractivity contribution is -0.385. The summed E-state index contributed by atoms with van der Waals surface area (Å²) in [6.45, 7) is 3.47. The summed E-state index contributed by atoms with van der Waals surface area (Å²) in [5.41, 5.74) is 5.29. The van der Waals surface area contributed by atoms with Crippen molar-refractivity contribution in [3.05, 3.63) is 27.8 Å². The van der Waals surface area contributed by atoms with Crippen LogP contribution in [0.25, 0.3) is 0 Å². The summed E-state index contributed by atoms with van der Waals surface area (Å²) >= 11 is 0. The van der Waals surface area contributed by atoms with Gasteiger partial charge < -0.3 is 20.1 Å². The number of halogens is 1. The summed E-state index contributed by atoms with van der Waals surface area (Å²) in [6, 6.07) is 2.57. The third-order valence-electron chi connectivity index (χ3n) is 4.27. The smallest absolute Gasteiger partial charge is 0.286 e. The zero-order valence-corrected chi connectivity index (χ0v) is 14.7. The molecule has 0 saturated carbocycles. The van der Waals surface area contributed by atoms with Gasteiger partial charge in [-0.25, -0.2) is 0 Å². The number of carbonyl (C=O) groups excluding carboxylic acids is 1. The Morgan fingerprint density at radius 2 is 1.96 bits per heavy atom. The van der Waals surface area contributed by atoms with E-state index >= 15 is 0 Å². The Labute approximate surface area is 146 Å². The summed E-state index contributed by atoms with van der Waals surface area (Å²) in [5, 5.41) is 11.3. The fraction of sp³-hybridized carbons (Fsp3) is 0.533. The number of benzene rings is 1. The number of carbonyl (C=O) groups is 1. The molecule has 9 heteroatoms. The molecule has 0 aliphatic carbocycles. The van der Waals surface area contributed by atoms with Gasteiger partial charge >= 0.3 is 0 Å². The monoisotopic (exact) mass is 359 g/mol. The van der Waals surface area contributed by atoms with Gasteiger partial charge in [0.25, 0.3) is 11.6 Å². The average Bonchev–Trinajstić information content (AvgIpc) is 2.95. The summed E-state index contributed by atoms with van der Waals surface area (Å²) < 4.78 is 10.2. The summed E-state index contributed by atoms with van der Waals surface area (Å²) in [4.78, 5) is 25.0. The highest BCUT2D eigenvalue weighted by molar-refractivity contribution is 5.99. The predicted octanol–water partition coefficient (Wildman–Crippen LogP) is 1.84. The highest BCUT2D eigenvalue weighted by Gasteiger charge is 2.37. The Morgan fingerprint density at radius 1 is 1.38 bits per heavy atom. The van der Waals surface area contributed by atoms with Gasteiger partial charge in [-0.15, -0.1) is 12.4 Å². The quantitative estimate of drug-likeness (QED) is 0.634. The third-order valence-corrected chi connectivity index (χ3v) is 4.27. The number of hydrogen-bond donors (Lipinski definition) is 1. The van der Waals surface area contributed by atoms with Crippen molar-refractivity contribution in [1.82, 2.24) is 4.90 Å². The van der Waals surface area contributed by atoms with E-state index in [-0.39, 0.29) is 40.6 Å². The van der Waals surface area contributed by atoms with Crippen LogP contribution in [0.15, 0.2) is 12.1 Å². The van der Waals surface area contributed by atoms with E-state index in [1.807, 2.05) is 6.92 Å². The van der Waals surface area contributed by atoms with Crippen LogP contribution in [-0.4, -0.2) is 49.6 Å². The van der Waals surface area contributed by atoms with E-state index in [9.17, 15) is 14.9 Å². The molecule has 0 radical (unpaired) electrons. The first-order chi connectivity index (χ1) is 10.8. The number of nitrogens with two attached hydrogens (primary N) is 1. The van der Waals surface area contributed by atoms with E-state index in [0.717, 1.165) is 6.42 Å². The predicted molar refractivity (Wildman–Crippen MR) is 91.1 cm³/mol. The van der Waals surface area contributed by atoms with Gasteiger partial charge in [0.15, 0.2) is 11.5 Å². The van der Waals surface area contributed by atoms with Crippen LogP contribution < -0.4 is 15.2 Å². The second-order valence-electron chi connectivity index (χ2n) is 5.97. The highest BCUT2D eigenvalue weighted by atomic mass is 35.5. The van der Waals surface area contributed by atoms with Gasteiger partial charge in [-0.1, -0.05) is 6.92 Å². The van der Waals surface area contributed by atoms with Crippen LogP contribution in [0.4, 0.5) is 5.69 Å². The maximum atomic E-state index is 12.7. The first kappa shape index (κ1) is 20.0. The van der Waals surface area contributed by atoms with E-state index in [4.69, 9.17) is 15.2 Å². The number of amides is 1. The van der Waals surface area contributed by atoms with Crippen molar-refractivity contribution in [1.29, 1.82) is 0 Å². The lowest BCUT2D eigenvalue weighted by atomic mass is 9.90. The van der Waals surface area contributed by atoms with Gasteiger partial charge in [0, 0.05) is 19.2 Å². The van der Waals surface area contributed by atoms with Crippen molar-refractivity contribution < 1.29 is 19.2 Å².